The average molecular weight is 463 g/mol. The Balaban J connectivity index is 0.00000176. The van der Waals surface area contributed by atoms with E-state index < -0.39 is 11.1 Å². The Bertz CT molecular complexity index is 963. The second-order valence-electron chi connectivity index (χ2n) is 9.12. The van der Waals surface area contributed by atoms with Gasteiger partial charge in [-0.25, -0.2) is 4.79 Å². The molecule has 7 nitrogen and oxygen atoms in total. The van der Waals surface area contributed by atoms with Gasteiger partial charge in [0.15, 0.2) is 0 Å². The summed E-state index contributed by atoms with van der Waals surface area (Å²) in [5.41, 5.74) is 3.54. The van der Waals surface area contributed by atoms with Crippen molar-refractivity contribution in [3.8, 4) is 0 Å². The number of ether oxygens (including phenoxy) is 1. The van der Waals surface area contributed by atoms with E-state index in [0.29, 0.717) is 37.1 Å². The molecule has 0 bridgehead atoms. The molecule has 0 saturated carbocycles. The van der Waals surface area contributed by atoms with Crippen molar-refractivity contribution in [3.63, 3.8) is 0 Å². The number of carbonyl (C=O) groups is 2. The monoisotopic (exact) mass is 462 g/mol. The lowest BCUT2D eigenvalue weighted by molar-refractivity contribution is -0.0169. The predicted molar refractivity (Wildman–Crippen MR) is 130 cm³/mol. The molecular formula is C24H35ClN4O3. The standard InChI is InChI=1S/C22H29ClN4O3.C2H6/c1-7-13-17-15(25-18(13)14(12(2)3)8-16(23)24)9-22(26-19(17)28)10-27(11-22)20(29)30-21(4,5)6;1-2/h8,24-25H,2,7,9-11H2,1,3-6H3,(H,26,28);1-2H3/b14-8+,24-16?;. The zero-order valence-electron chi connectivity index (χ0n) is 20.2. The third-order valence-electron chi connectivity index (χ3n) is 5.29. The molecule has 1 saturated heterocycles. The average Bonchev–Trinajstić information content (AvgIpc) is 3.02. The van der Waals surface area contributed by atoms with Crippen molar-refractivity contribution in [2.24, 2.45) is 0 Å². The largest absolute Gasteiger partial charge is 0.444 e. The van der Waals surface area contributed by atoms with E-state index in [9.17, 15) is 9.59 Å². The Kier molecular flexibility index (Phi) is 7.66. The molecule has 8 heteroatoms. The molecule has 2 aliphatic heterocycles. The number of halogens is 1. The van der Waals surface area contributed by atoms with Gasteiger partial charge in [-0.05, 0) is 51.3 Å². The molecule has 1 spiro atoms. The van der Waals surface area contributed by atoms with Gasteiger partial charge in [0.1, 0.15) is 10.8 Å². The third-order valence-corrected chi connectivity index (χ3v) is 5.40. The minimum atomic E-state index is -0.561. The fourth-order valence-corrected chi connectivity index (χ4v) is 4.25. The van der Waals surface area contributed by atoms with Gasteiger partial charge in [-0.1, -0.05) is 39.0 Å². The summed E-state index contributed by atoms with van der Waals surface area (Å²) in [6.45, 7) is 18.1. The third kappa shape index (κ3) is 5.26. The number of nitrogens with one attached hydrogen (secondary N) is 3. The van der Waals surface area contributed by atoms with Crippen molar-refractivity contribution in [2.45, 2.75) is 72.4 Å². The van der Waals surface area contributed by atoms with E-state index in [0.717, 1.165) is 22.5 Å². The second-order valence-corrected chi connectivity index (χ2v) is 9.53. The number of hydrogen-bond acceptors (Lipinski definition) is 4. The van der Waals surface area contributed by atoms with Crippen LogP contribution in [0, 0.1) is 5.41 Å². The summed E-state index contributed by atoms with van der Waals surface area (Å²) in [5, 5.41) is 10.6. The van der Waals surface area contributed by atoms with Crippen molar-refractivity contribution >= 4 is 34.3 Å². The lowest BCUT2D eigenvalue weighted by Gasteiger charge is -2.51. The first-order valence-corrected chi connectivity index (χ1v) is 11.4. The van der Waals surface area contributed by atoms with Crippen molar-refractivity contribution in [1.29, 1.82) is 5.41 Å². The Morgan fingerprint density at radius 2 is 1.94 bits per heavy atom. The summed E-state index contributed by atoms with van der Waals surface area (Å²) >= 11 is 5.81. The van der Waals surface area contributed by atoms with E-state index in [4.69, 9.17) is 21.7 Å². The van der Waals surface area contributed by atoms with Gasteiger partial charge in [0, 0.05) is 36.5 Å². The zero-order chi connectivity index (χ0) is 24.4. The summed E-state index contributed by atoms with van der Waals surface area (Å²) in [7, 11) is 0. The van der Waals surface area contributed by atoms with Gasteiger partial charge >= 0.3 is 6.09 Å². The van der Waals surface area contributed by atoms with Crippen LogP contribution in [-0.4, -0.2) is 51.3 Å². The Morgan fingerprint density at radius 1 is 1.34 bits per heavy atom. The predicted octanol–water partition coefficient (Wildman–Crippen LogP) is 5.05. The van der Waals surface area contributed by atoms with Crippen LogP contribution in [0.5, 0.6) is 0 Å². The van der Waals surface area contributed by atoms with E-state index in [1.54, 1.807) is 11.0 Å². The maximum Gasteiger partial charge on any atom is 0.410 e. The highest BCUT2D eigenvalue weighted by Crippen LogP contribution is 2.37. The van der Waals surface area contributed by atoms with E-state index in [1.807, 2.05) is 48.5 Å². The highest BCUT2D eigenvalue weighted by molar-refractivity contribution is 6.68. The second kappa shape index (κ2) is 9.53. The van der Waals surface area contributed by atoms with Crippen LogP contribution < -0.4 is 5.32 Å². The van der Waals surface area contributed by atoms with Crippen molar-refractivity contribution < 1.29 is 14.3 Å². The summed E-state index contributed by atoms with van der Waals surface area (Å²) < 4.78 is 5.42. The first kappa shape index (κ1) is 25.7. The summed E-state index contributed by atoms with van der Waals surface area (Å²) in [4.78, 5) is 30.3. The number of carbonyl (C=O) groups excluding carboxylic acids is 2. The first-order chi connectivity index (χ1) is 14.9. The van der Waals surface area contributed by atoms with Gasteiger partial charge in [0.2, 0.25) is 0 Å². The molecule has 2 amide bonds. The van der Waals surface area contributed by atoms with Crippen LogP contribution in [0.4, 0.5) is 4.79 Å². The van der Waals surface area contributed by atoms with Gasteiger partial charge in [0.05, 0.1) is 11.1 Å². The highest BCUT2D eigenvalue weighted by Gasteiger charge is 2.51. The van der Waals surface area contributed by atoms with Crippen molar-refractivity contribution in [2.75, 3.05) is 13.1 Å². The molecule has 0 aliphatic carbocycles. The molecule has 3 rings (SSSR count). The minimum Gasteiger partial charge on any atom is -0.444 e. The van der Waals surface area contributed by atoms with E-state index in [1.165, 1.54) is 0 Å². The molecule has 0 aromatic carbocycles. The normalized spacial score (nSPS) is 16.9. The number of fused-ring (bicyclic) bond motifs is 1. The molecule has 1 aromatic heterocycles. The van der Waals surface area contributed by atoms with Crippen molar-refractivity contribution in [3.05, 3.63) is 40.7 Å². The SMILES string of the molecule is C=C(C)/C(=C\C(=N)Cl)c1[nH]c2c(c1CC)C(=O)NC1(C2)CN(C(=O)OC(C)(C)C)C1.CC. The van der Waals surface area contributed by atoms with Gasteiger partial charge in [-0.3, -0.25) is 10.2 Å². The molecule has 0 atom stereocenters. The summed E-state index contributed by atoms with van der Waals surface area (Å²) in [6.07, 6.45) is 2.40. The lowest BCUT2D eigenvalue weighted by Crippen LogP contribution is -2.74. The van der Waals surface area contributed by atoms with Crippen LogP contribution in [-0.2, 0) is 17.6 Å². The molecule has 0 radical (unpaired) electrons. The quantitative estimate of drug-likeness (QED) is 0.431. The molecule has 0 unspecified atom stereocenters. The van der Waals surface area contributed by atoms with Crippen LogP contribution in [0.25, 0.3) is 5.57 Å². The molecule has 3 N–H and O–H groups in total. The highest BCUT2D eigenvalue weighted by atomic mass is 35.5. The number of allylic oxidation sites excluding steroid dienone is 3. The number of nitrogens with zero attached hydrogens (tertiary/aromatic N) is 1. The molecular weight excluding hydrogens is 428 g/mol. The fraction of sp³-hybridized carbons (Fsp3) is 0.542. The van der Waals surface area contributed by atoms with E-state index >= 15 is 0 Å². The topological polar surface area (TPSA) is 98.3 Å². The smallest absolute Gasteiger partial charge is 0.410 e. The van der Waals surface area contributed by atoms with Crippen molar-refractivity contribution in [1.82, 2.24) is 15.2 Å². The maximum absolute atomic E-state index is 13.0. The zero-order valence-corrected chi connectivity index (χ0v) is 20.9. The molecule has 3 heterocycles. The number of likely N-dealkylation sites (tertiary alicyclic amines) is 1. The Labute approximate surface area is 195 Å². The number of rotatable bonds is 4. The summed E-state index contributed by atoms with van der Waals surface area (Å²) in [5.74, 6) is -0.151. The Hall–Kier alpha value is -2.54. The van der Waals surface area contributed by atoms with Crippen LogP contribution in [0.1, 0.15) is 75.8 Å². The molecule has 1 fully saturated rings. The van der Waals surface area contributed by atoms with Gasteiger partial charge in [-0.15, -0.1) is 0 Å². The molecule has 1 aromatic rings. The fourth-order valence-electron chi connectivity index (χ4n) is 4.14. The Morgan fingerprint density at radius 3 is 2.41 bits per heavy atom. The van der Waals surface area contributed by atoms with Crippen LogP contribution in [0.15, 0.2) is 18.2 Å². The minimum absolute atomic E-state index is 0.101. The van der Waals surface area contributed by atoms with Crippen LogP contribution >= 0.6 is 11.6 Å². The van der Waals surface area contributed by atoms with Crippen LogP contribution in [0.3, 0.4) is 0 Å². The molecule has 2 aliphatic rings. The molecule has 176 valence electrons. The lowest BCUT2D eigenvalue weighted by atomic mass is 9.80. The van der Waals surface area contributed by atoms with Gasteiger partial charge < -0.3 is 19.9 Å². The number of aromatic amines is 1. The first-order valence-electron chi connectivity index (χ1n) is 11.0. The van der Waals surface area contributed by atoms with E-state index in [2.05, 4.69) is 16.9 Å². The van der Waals surface area contributed by atoms with Gasteiger partial charge in [0.25, 0.3) is 5.91 Å². The van der Waals surface area contributed by atoms with Crippen LogP contribution in [0.2, 0.25) is 0 Å². The number of amides is 2. The number of H-pyrrole nitrogens is 1. The van der Waals surface area contributed by atoms with E-state index in [-0.39, 0.29) is 17.2 Å². The molecule has 32 heavy (non-hydrogen) atoms. The number of hydrogen-bond donors (Lipinski definition) is 3. The maximum atomic E-state index is 13.0. The summed E-state index contributed by atoms with van der Waals surface area (Å²) in [6, 6.07) is 0. The number of aromatic nitrogens is 1. The van der Waals surface area contributed by atoms with Gasteiger partial charge in [-0.2, -0.15) is 0 Å².